The molecular formula is C20H31NOS. The molecule has 1 atom stereocenters. The Morgan fingerprint density at radius 1 is 1.26 bits per heavy atom. The molecule has 1 aliphatic rings. The Bertz CT molecular complexity index is 521. The van der Waals surface area contributed by atoms with Crippen molar-refractivity contribution >= 4 is 17.7 Å². The van der Waals surface area contributed by atoms with Crippen LogP contribution in [0, 0.1) is 6.92 Å². The summed E-state index contributed by atoms with van der Waals surface area (Å²) in [7, 11) is 0. The topological polar surface area (TPSA) is 20.3 Å². The number of carbonyl (C=O) groups is 1. The molecule has 0 unspecified atom stereocenters. The number of likely N-dealkylation sites (tertiary alicyclic amines) is 1. The molecule has 128 valence electrons. The molecule has 0 radical (unpaired) electrons. The molecule has 0 N–H and O–H groups in total. The molecule has 0 aliphatic carbocycles. The van der Waals surface area contributed by atoms with Crippen molar-refractivity contribution in [1.82, 2.24) is 4.90 Å². The fraction of sp³-hybridized carbons (Fsp3) is 0.650. The van der Waals surface area contributed by atoms with Gasteiger partial charge in [0.05, 0.1) is 0 Å². The second kappa shape index (κ2) is 8.23. The maximum atomic E-state index is 12.7. The summed E-state index contributed by atoms with van der Waals surface area (Å²) in [4.78, 5) is 14.9. The number of aryl methyl sites for hydroxylation is 2. The van der Waals surface area contributed by atoms with E-state index in [1.165, 1.54) is 24.0 Å². The third-order valence-electron chi connectivity index (χ3n) is 4.53. The maximum absolute atomic E-state index is 12.7. The number of nitrogens with zero attached hydrogens (tertiary/aromatic N) is 1. The van der Waals surface area contributed by atoms with E-state index in [1.54, 1.807) is 0 Å². The van der Waals surface area contributed by atoms with Crippen LogP contribution >= 0.6 is 11.8 Å². The molecule has 1 aliphatic heterocycles. The van der Waals surface area contributed by atoms with E-state index in [1.807, 2.05) is 11.8 Å². The highest BCUT2D eigenvalue weighted by atomic mass is 32.2. The molecule has 1 aromatic rings. The predicted molar refractivity (Wildman–Crippen MR) is 101 cm³/mol. The molecule has 23 heavy (non-hydrogen) atoms. The second-order valence-corrected chi connectivity index (χ2v) is 9.43. The van der Waals surface area contributed by atoms with Gasteiger partial charge in [0.15, 0.2) is 0 Å². The average molecular weight is 334 g/mol. The first kappa shape index (κ1) is 18.4. The van der Waals surface area contributed by atoms with E-state index in [0.717, 1.165) is 25.1 Å². The lowest BCUT2D eigenvalue weighted by Crippen LogP contribution is -2.45. The van der Waals surface area contributed by atoms with Crippen LogP contribution in [0.2, 0.25) is 0 Å². The summed E-state index contributed by atoms with van der Waals surface area (Å²) in [6, 6.07) is 8.83. The highest BCUT2D eigenvalue weighted by Gasteiger charge is 2.27. The summed E-state index contributed by atoms with van der Waals surface area (Å²) in [5.41, 5.74) is 2.59. The fourth-order valence-corrected chi connectivity index (χ4v) is 4.16. The molecule has 2 rings (SSSR count). The lowest BCUT2D eigenvalue weighted by atomic mass is 10.0. The summed E-state index contributed by atoms with van der Waals surface area (Å²) < 4.78 is 0.271. The second-order valence-electron chi connectivity index (χ2n) is 7.59. The smallest absolute Gasteiger partial charge is 0.223 e. The molecule has 2 nitrogen and oxygen atoms in total. The third kappa shape index (κ3) is 5.87. The Labute approximate surface area is 146 Å². The van der Waals surface area contributed by atoms with E-state index < -0.39 is 0 Å². The van der Waals surface area contributed by atoms with Crippen LogP contribution in [0.3, 0.4) is 0 Å². The first-order valence-corrected chi connectivity index (χ1v) is 9.83. The minimum Gasteiger partial charge on any atom is -0.339 e. The molecule has 0 saturated carbocycles. The minimum atomic E-state index is 0.271. The number of carbonyl (C=O) groups excluding carboxylic acids is 1. The number of benzene rings is 1. The van der Waals surface area contributed by atoms with Gasteiger partial charge in [-0.15, -0.1) is 0 Å². The summed E-state index contributed by atoms with van der Waals surface area (Å²) in [5, 5.41) is 0. The van der Waals surface area contributed by atoms with Crippen LogP contribution in [0.15, 0.2) is 24.3 Å². The summed E-state index contributed by atoms with van der Waals surface area (Å²) in [5.74, 6) is 1.41. The van der Waals surface area contributed by atoms with Gasteiger partial charge in [-0.1, -0.05) is 45.0 Å². The van der Waals surface area contributed by atoms with E-state index in [-0.39, 0.29) is 4.75 Å². The van der Waals surface area contributed by atoms with Crippen LogP contribution in [0.25, 0.3) is 0 Å². The number of hydrogen-bond acceptors (Lipinski definition) is 2. The van der Waals surface area contributed by atoms with Gasteiger partial charge in [-0.3, -0.25) is 4.79 Å². The zero-order chi connectivity index (χ0) is 16.9. The van der Waals surface area contributed by atoms with E-state index in [2.05, 4.69) is 56.9 Å². The van der Waals surface area contributed by atoms with Gasteiger partial charge in [0.25, 0.3) is 0 Å². The van der Waals surface area contributed by atoms with Gasteiger partial charge < -0.3 is 4.90 Å². The maximum Gasteiger partial charge on any atom is 0.223 e. The molecule has 1 fully saturated rings. The number of piperidine rings is 1. The summed E-state index contributed by atoms with van der Waals surface area (Å²) in [6.07, 6.45) is 5.09. The van der Waals surface area contributed by atoms with Crippen molar-refractivity contribution in [3.05, 3.63) is 35.4 Å². The fourth-order valence-electron chi connectivity index (χ4n) is 3.12. The minimum absolute atomic E-state index is 0.271. The van der Waals surface area contributed by atoms with Gasteiger partial charge in [-0.05, 0) is 43.7 Å². The lowest BCUT2D eigenvalue weighted by molar-refractivity contribution is -0.134. The highest BCUT2D eigenvalue weighted by molar-refractivity contribution is 8.00. The number of hydrogen-bond donors (Lipinski definition) is 0. The van der Waals surface area contributed by atoms with Gasteiger partial charge in [-0.2, -0.15) is 11.8 Å². The normalized spacial score (nSPS) is 19.0. The van der Waals surface area contributed by atoms with Gasteiger partial charge in [-0.25, -0.2) is 0 Å². The van der Waals surface area contributed by atoms with Crippen molar-refractivity contribution in [2.24, 2.45) is 0 Å². The number of rotatable bonds is 5. The van der Waals surface area contributed by atoms with Crippen LogP contribution in [0.4, 0.5) is 0 Å². The Hall–Kier alpha value is -0.960. The monoisotopic (exact) mass is 333 g/mol. The molecule has 0 aromatic heterocycles. The van der Waals surface area contributed by atoms with E-state index in [9.17, 15) is 4.79 Å². The van der Waals surface area contributed by atoms with Crippen molar-refractivity contribution in [2.75, 3.05) is 12.3 Å². The Kier molecular flexibility index (Phi) is 6.58. The van der Waals surface area contributed by atoms with Crippen molar-refractivity contribution in [2.45, 2.75) is 70.6 Å². The molecule has 3 heteroatoms. The molecular weight excluding hydrogens is 302 g/mol. The first-order chi connectivity index (χ1) is 10.9. The van der Waals surface area contributed by atoms with Crippen LogP contribution in [-0.2, 0) is 11.2 Å². The quantitative estimate of drug-likeness (QED) is 0.768. The number of amides is 1. The predicted octanol–water partition coefficient (Wildman–Crippen LogP) is 4.84. The summed E-state index contributed by atoms with van der Waals surface area (Å²) >= 11 is 1.98. The van der Waals surface area contributed by atoms with Gasteiger partial charge in [0.2, 0.25) is 5.91 Å². The van der Waals surface area contributed by atoms with Crippen molar-refractivity contribution in [3.8, 4) is 0 Å². The molecule has 1 saturated heterocycles. The average Bonchev–Trinajstić information content (AvgIpc) is 2.51. The van der Waals surface area contributed by atoms with Gasteiger partial charge in [0.1, 0.15) is 0 Å². The Morgan fingerprint density at radius 2 is 2.00 bits per heavy atom. The van der Waals surface area contributed by atoms with Crippen LogP contribution in [0.1, 0.15) is 57.6 Å². The Morgan fingerprint density at radius 3 is 2.70 bits per heavy atom. The van der Waals surface area contributed by atoms with Crippen molar-refractivity contribution < 1.29 is 4.79 Å². The van der Waals surface area contributed by atoms with Crippen LogP contribution < -0.4 is 0 Å². The van der Waals surface area contributed by atoms with Crippen LogP contribution in [0.5, 0.6) is 0 Å². The SMILES string of the molecule is Cc1ccccc1CCC(=O)N1CCCC[C@@H]1CSC(C)(C)C. The van der Waals surface area contributed by atoms with Crippen molar-refractivity contribution in [3.63, 3.8) is 0 Å². The molecule has 0 bridgehead atoms. The summed E-state index contributed by atoms with van der Waals surface area (Å²) in [6.45, 7) is 9.84. The van der Waals surface area contributed by atoms with Gasteiger partial charge in [0, 0.05) is 29.5 Å². The van der Waals surface area contributed by atoms with Crippen molar-refractivity contribution in [1.29, 1.82) is 0 Å². The first-order valence-electron chi connectivity index (χ1n) is 8.85. The molecule has 0 spiro atoms. The van der Waals surface area contributed by atoms with Crippen LogP contribution in [-0.4, -0.2) is 33.9 Å². The van der Waals surface area contributed by atoms with E-state index in [0.29, 0.717) is 18.4 Å². The van der Waals surface area contributed by atoms with E-state index in [4.69, 9.17) is 0 Å². The third-order valence-corrected chi connectivity index (χ3v) is 5.94. The zero-order valence-corrected chi connectivity index (χ0v) is 15.9. The lowest BCUT2D eigenvalue weighted by Gasteiger charge is -2.37. The van der Waals surface area contributed by atoms with E-state index >= 15 is 0 Å². The standard InChI is InChI=1S/C20H31NOS/c1-16-9-5-6-10-17(16)12-13-19(22)21-14-8-7-11-18(21)15-23-20(2,3)4/h5-6,9-10,18H,7-8,11-15H2,1-4H3/t18-/m1/s1. The molecule has 1 heterocycles. The largest absolute Gasteiger partial charge is 0.339 e. The molecule has 1 aromatic carbocycles. The zero-order valence-electron chi connectivity index (χ0n) is 15.1. The number of thioether (sulfide) groups is 1. The Balaban J connectivity index is 1.91. The van der Waals surface area contributed by atoms with Gasteiger partial charge >= 0.3 is 0 Å². The highest BCUT2D eigenvalue weighted by Crippen LogP contribution is 2.29. The molecule has 1 amide bonds.